The van der Waals surface area contributed by atoms with Crippen LogP contribution in [0.4, 0.5) is 0 Å². The van der Waals surface area contributed by atoms with Crippen molar-refractivity contribution in [3.8, 4) is 0 Å². The first-order valence-corrected chi connectivity index (χ1v) is 15.0. The number of carboxylic acid groups (broad SMARTS) is 1. The van der Waals surface area contributed by atoms with Crippen LogP contribution in [-0.2, 0) is 52.2 Å². The van der Waals surface area contributed by atoms with E-state index < -0.39 is 5.97 Å². The number of rotatable bonds is 37. The number of unbranched alkanes of at least 4 members (excludes halogenated alkanes) is 2. The molecule has 0 heterocycles. The first-order valence-electron chi connectivity index (χ1n) is 15.0. The molecule has 2 N–H and O–H groups in total. The maximum Gasteiger partial charge on any atom is 0.305 e. The average Bonchev–Trinajstić information content (AvgIpc) is 2.97. The Bertz CT molecular complexity index is 505. The number of carboxylic acids is 1. The second-order valence-electron chi connectivity index (χ2n) is 8.72. The molecule has 0 atom stereocenters. The number of nitrogens with one attached hydrogen (secondary N) is 1. The van der Waals surface area contributed by atoms with Gasteiger partial charge in [0.05, 0.1) is 139 Å². The highest BCUT2D eigenvalue weighted by Crippen LogP contribution is 1.91. The van der Waals surface area contributed by atoms with Gasteiger partial charge >= 0.3 is 5.97 Å². The summed E-state index contributed by atoms with van der Waals surface area (Å²) in [5.41, 5.74) is 0. The quantitative estimate of drug-likeness (QED) is 0.0995. The summed E-state index contributed by atoms with van der Waals surface area (Å²) in [5, 5.41) is 11.8. The van der Waals surface area contributed by atoms with Gasteiger partial charge in [-0.2, -0.15) is 0 Å². The van der Waals surface area contributed by atoms with Gasteiger partial charge in [0.15, 0.2) is 0 Å². The Morgan fingerprint density at radius 2 is 0.732 bits per heavy atom. The Balaban J connectivity index is 3.03. The molecular formula is C28H57NO12. The van der Waals surface area contributed by atoms with E-state index in [2.05, 4.69) is 12.2 Å². The zero-order chi connectivity index (χ0) is 29.7. The summed E-state index contributed by atoms with van der Waals surface area (Å²) < 4.78 is 54.1. The van der Waals surface area contributed by atoms with Gasteiger partial charge in [-0.3, -0.25) is 4.79 Å². The number of aliphatic carboxylic acids is 1. The Labute approximate surface area is 246 Å². The third-order valence-corrected chi connectivity index (χ3v) is 5.19. The number of hydrogen-bond acceptors (Lipinski definition) is 12. The van der Waals surface area contributed by atoms with Crippen LogP contribution < -0.4 is 5.32 Å². The summed E-state index contributed by atoms with van der Waals surface area (Å²) >= 11 is 0. The lowest BCUT2D eigenvalue weighted by Gasteiger charge is -2.09. The predicted octanol–water partition coefficient (Wildman–Crippen LogP) is 1.41. The molecule has 0 spiro atoms. The third kappa shape index (κ3) is 39.0. The summed E-state index contributed by atoms with van der Waals surface area (Å²) in [6, 6.07) is 0. The molecule has 0 aliphatic carbocycles. The molecule has 0 bridgehead atoms. The summed E-state index contributed by atoms with van der Waals surface area (Å²) in [5.74, 6) is -0.871. The van der Waals surface area contributed by atoms with Crippen molar-refractivity contribution in [2.24, 2.45) is 0 Å². The van der Waals surface area contributed by atoms with Gasteiger partial charge in [-0.05, 0) is 13.0 Å². The molecule has 0 aromatic carbocycles. The SMILES string of the molecule is CCCCCNCCOCCOCCOCCOCCOCCOCCOCCOCCOCCOCCC(=O)O. The fourth-order valence-electron chi connectivity index (χ4n) is 3.01. The molecule has 0 aliphatic rings. The van der Waals surface area contributed by atoms with Gasteiger partial charge in [-0.1, -0.05) is 19.8 Å². The number of ether oxygens (including phenoxy) is 10. The van der Waals surface area contributed by atoms with E-state index >= 15 is 0 Å². The van der Waals surface area contributed by atoms with Crippen molar-refractivity contribution in [3.63, 3.8) is 0 Å². The molecule has 0 saturated heterocycles. The van der Waals surface area contributed by atoms with E-state index in [1.807, 2.05) is 0 Å². The Morgan fingerprint density at radius 1 is 0.439 bits per heavy atom. The second kappa shape index (κ2) is 37.1. The monoisotopic (exact) mass is 599 g/mol. The molecule has 0 saturated carbocycles. The van der Waals surface area contributed by atoms with Crippen molar-refractivity contribution < 1.29 is 57.3 Å². The average molecular weight is 600 g/mol. The van der Waals surface area contributed by atoms with Gasteiger partial charge in [0, 0.05) is 6.54 Å². The molecule has 0 radical (unpaired) electrons. The highest BCUT2D eigenvalue weighted by molar-refractivity contribution is 5.66. The molecule has 13 heteroatoms. The van der Waals surface area contributed by atoms with Crippen LogP contribution in [0.25, 0.3) is 0 Å². The highest BCUT2D eigenvalue weighted by Gasteiger charge is 1.97. The number of hydrogen-bond donors (Lipinski definition) is 2. The van der Waals surface area contributed by atoms with Crippen molar-refractivity contribution in [1.82, 2.24) is 5.32 Å². The summed E-state index contributed by atoms with van der Waals surface area (Å²) in [6.45, 7) is 14.1. The van der Waals surface area contributed by atoms with Gasteiger partial charge in [0.2, 0.25) is 0 Å². The van der Waals surface area contributed by atoms with E-state index in [0.29, 0.717) is 126 Å². The fraction of sp³-hybridized carbons (Fsp3) is 0.964. The lowest BCUT2D eigenvalue weighted by molar-refractivity contribution is -0.138. The van der Waals surface area contributed by atoms with E-state index in [0.717, 1.165) is 13.1 Å². The smallest absolute Gasteiger partial charge is 0.305 e. The summed E-state index contributed by atoms with van der Waals surface area (Å²) in [7, 11) is 0. The van der Waals surface area contributed by atoms with Gasteiger partial charge < -0.3 is 57.8 Å². The van der Waals surface area contributed by atoms with Crippen LogP contribution in [0.5, 0.6) is 0 Å². The molecule has 246 valence electrons. The predicted molar refractivity (Wildman–Crippen MR) is 153 cm³/mol. The Hall–Kier alpha value is -0.970. The van der Waals surface area contributed by atoms with Crippen LogP contribution in [0.2, 0.25) is 0 Å². The van der Waals surface area contributed by atoms with Gasteiger partial charge in [0.1, 0.15) is 0 Å². The van der Waals surface area contributed by atoms with E-state index in [1.54, 1.807) is 0 Å². The van der Waals surface area contributed by atoms with Crippen LogP contribution in [0.1, 0.15) is 32.6 Å². The highest BCUT2D eigenvalue weighted by atomic mass is 16.6. The molecule has 0 rings (SSSR count). The van der Waals surface area contributed by atoms with E-state index in [4.69, 9.17) is 52.5 Å². The minimum absolute atomic E-state index is 0.00156. The molecule has 13 nitrogen and oxygen atoms in total. The Kier molecular flexibility index (Phi) is 36.2. The molecule has 0 amide bonds. The zero-order valence-electron chi connectivity index (χ0n) is 25.3. The molecule has 0 aromatic heterocycles. The largest absolute Gasteiger partial charge is 0.481 e. The van der Waals surface area contributed by atoms with Crippen molar-refractivity contribution in [2.75, 3.05) is 145 Å². The van der Waals surface area contributed by atoms with E-state index in [9.17, 15) is 4.79 Å². The third-order valence-electron chi connectivity index (χ3n) is 5.19. The minimum atomic E-state index is -0.871. The first kappa shape index (κ1) is 40.0. The molecule has 0 unspecified atom stereocenters. The Morgan fingerprint density at radius 3 is 1.02 bits per heavy atom. The molecule has 0 fully saturated rings. The fourth-order valence-corrected chi connectivity index (χ4v) is 3.01. The summed E-state index contributed by atoms with van der Waals surface area (Å²) in [6.07, 6.45) is 3.75. The maximum atomic E-state index is 10.3. The van der Waals surface area contributed by atoms with E-state index in [1.165, 1.54) is 19.3 Å². The minimum Gasteiger partial charge on any atom is -0.481 e. The van der Waals surface area contributed by atoms with Gasteiger partial charge in [-0.25, -0.2) is 0 Å². The first-order chi connectivity index (χ1) is 20.3. The molecule has 0 aliphatic heterocycles. The van der Waals surface area contributed by atoms with Crippen molar-refractivity contribution in [2.45, 2.75) is 32.6 Å². The second-order valence-corrected chi connectivity index (χ2v) is 8.72. The van der Waals surface area contributed by atoms with Gasteiger partial charge in [-0.15, -0.1) is 0 Å². The lowest BCUT2D eigenvalue weighted by atomic mass is 10.2. The van der Waals surface area contributed by atoms with Crippen molar-refractivity contribution >= 4 is 5.97 Å². The molecular weight excluding hydrogens is 542 g/mol. The molecule has 0 aromatic rings. The maximum absolute atomic E-state index is 10.3. The topological polar surface area (TPSA) is 142 Å². The normalized spacial score (nSPS) is 11.4. The van der Waals surface area contributed by atoms with E-state index in [-0.39, 0.29) is 13.0 Å². The lowest BCUT2D eigenvalue weighted by Crippen LogP contribution is -2.21. The molecule has 41 heavy (non-hydrogen) atoms. The van der Waals surface area contributed by atoms with Crippen LogP contribution in [0.3, 0.4) is 0 Å². The van der Waals surface area contributed by atoms with Crippen LogP contribution in [0.15, 0.2) is 0 Å². The van der Waals surface area contributed by atoms with Gasteiger partial charge in [0.25, 0.3) is 0 Å². The summed E-state index contributed by atoms with van der Waals surface area (Å²) in [4.78, 5) is 10.3. The van der Waals surface area contributed by atoms with Crippen molar-refractivity contribution in [1.29, 1.82) is 0 Å². The standard InChI is InChI=1S/C28H57NO12/c1-2-3-4-6-29-7-9-33-11-13-35-15-17-37-19-21-39-23-25-41-27-26-40-24-22-38-20-18-36-16-14-34-12-10-32-8-5-28(30)31/h29H,2-27H2,1H3,(H,30,31). The van der Waals surface area contributed by atoms with Crippen LogP contribution >= 0.6 is 0 Å². The van der Waals surface area contributed by atoms with Crippen LogP contribution in [0, 0.1) is 0 Å². The van der Waals surface area contributed by atoms with Crippen molar-refractivity contribution in [3.05, 3.63) is 0 Å². The zero-order valence-corrected chi connectivity index (χ0v) is 25.3. The van der Waals surface area contributed by atoms with Crippen LogP contribution in [-0.4, -0.2) is 156 Å². The number of carbonyl (C=O) groups is 1.